The van der Waals surface area contributed by atoms with E-state index in [9.17, 15) is 19.5 Å². The number of esters is 2. The van der Waals surface area contributed by atoms with Crippen LogP contribution in [0.15, 0.2) is 35.1 Å². The van der Waals surface area contributed by atoms with Crippen LogP contribution in [0.1, 0.15) is 26.4 Å². The number of carbonyl (C=O) groups excluding carboxylic acids is 2. The summed E-state index contributed by atoms with van der Waals surface area (Å²) in [5.41, 5.74) is -1.00. The fraction of sp³-hybridized carbons (Fsp3) is 0.188. The SMILES string of the molecule is COC(=O)c1c(O)cc(=O)n(Cc2ccccc2Cl)c1C(=O)OC. The van der Waals surface area contributed by atoms with Gasteiger partial charge in [-0.05, 0) is 11.6 Å². The molecule has 24 heavy (non-hydrogen) atoms. The maximum atomic E-state index is 12.3. The summed E-state index contributed by atoms with van der Waals surface area (Å²) in [5.74, 6) is -2.60. The van der Waals surface area contributed by atoms with Gasteiger partial charge < -0.3 is 14.6 Å². The Morgan fingerprint density at radius 3 is 2.38 bits per heavy atom. The van der Waals surface area contributed by atoms with E-state index in [2.05, 4.69) is 9.47 Å². The van der Waals surface area contributed by atoms with Crippen molar-refractivity contribution in [1.82, 2.24) is 4.57 Å². The quantitative estimate of drug-likeness (QED) is 0.844. The Balaban J connectivity index is 2.74. The van der Waals surface area contributed by atoms with Crippen LogP contribution in [0.3, 0.4) is 0 Å². The number of rotatable bonds is 4. The molecule has 1 aromatic carbocycles. The lowest BCUT2D eigenvalue weighted by atomic mass is 10.1. The molecule has 0 saturated carbocycles. The van der Waals surface area contributed by atoms with Gasteiger partial charge in [0.05, 0.1) is 20.8 Å². The lowest BCUT2D eigenvalue weighted by molar-refractivity contribution is 0.0540. The molecule has 0 aliphatic heterocycles. The van der Waals surface area contributed by atoms with Crippen LogP contribution in [0.5, 0.6) is 5.75 Å². The van der Waals surface area contributed by atoms with E-state index >= 15 is 0 Å². The van der Waals surface area contributed by atoms with Crippen molar-refractivity contribution in [3.8, 4) is 5.75 Å². The first-order valence-corrected chi connectivity index (χ1v) is 7.15. The third-order valence-corrected chi connectivity index (χ3v) is 3.71. The maximum absolute atomic E-state index is 12.3. The number of aromatic nitrogens is 1. The molecule has 2 rings (SSSR count). The predicted octanol–water partition coefficient (Wildman–Crippen LogP) is 1.83. The van der Waals surface area contributed by atoms with Crippen molar-refractivity contribution in [1.29, 1.82) is 0 Å². The first-order chi connectivity index (χ1) is 11.4. The zero-order valence-corrected chi connectivity index (χ0v) is 13.7. The van der Waals surface area contributed by atoms with E-state index in [1.54, 1.807) is 24.3 Å². The monoisotopic (exact) mass is 351 g/mol. The van der Waals surface area contributed by atoms with Gasteiger partial charge in [0.25, 0.3) is 5.56 Å². The Morgan fingerprint density at radius 2 is 1.79 bits per heavy atom. The van der Waals surface area contributed by atoms with Gasteiger partial charge in [0.15, 0.2) is 0 Å². The molecule has 0 spiro atoms. The topological polar surface area (TPSA) is 94.8 Å². The van der Waals surface area contributed by atoms with Crippen LogP contribution in [0.4, 0.5) is 0 Å². The van der Waals surface area contributed by atoms with E-state index in [0.29, 0.717) is 10.6 Å². The fourth-order valence-corrected chi connectivity index (χ4v) is 2.40. The second-order valence-electron chi connectivity index (χ2n) is 4.75. The molecule has 0 amide bonds. The van der Waals surface area contributed by atoms with Gasteiger partial charge in [-0.2, -0.15) is 0 Å². The summed E-state index contributed by atoms with van der Waals surface area (Å²) in [5, 5.41) is 10.3. The molecule has 0 aliphatic rings. The van der Waals surface area contributed by atoms with Crippen LogP contribution >= 0.6 is 11.6 Å². The van der Waals surface area contributed by atoms with Crippen LogP contribution in [-0.2, 0) is 16.0 Å². The van der Waals surface area contributed by atoms with Crippen molar-refractivity contribution in [3.05, 3.63) is 62.5 Å². The number of benzene rings is 1. The van der Waals surface area contributed by atoms with E-state index in [-0.39, 0.29) is 6.54 Å². The molecule has 1 aromatic heterocycles. The van der Waals surface area contributed by atoms with Crippen molar-refractivity contribution in [3.63, 3.8) is 0 Å². The van der Waals surface area contributed by atoms with Crippen LogP contribution in [0.25, 0.3) is 0 Å². The normalized spacial score (nSPS) is 10.3. The Kier molecular flexibility index (Phi) is 5.25. The van der Waals surface area contributed by atoms with Gasteiger partial charge in [-0.3, -0.25) is 9.36 Å². The predicted molar refractivity (Wildman–Crippen MR) is 85.6 cm³/mol. The first kappa shape index (κ1) is 17.6. The van der Waals surface area contributed by atoms with E-state index in [1.807, 2.05) is 0 Å². The van der Waals surface area contributed by atoms with E-state index in [0.717, 1.165) is 24.9 Å². The Labute approximate surface area is 142 Å². The summed E-state index contributed by atoms with van der Waals surface area (Å²) < 4.78 is 10.2. The molecule has 0 saturated heterocycles. The number of hydrogen-bond acceptors (Lipinski definition) is 6. The van der Waals surface area contributed by atoms with Gasteiger partial charge in [-0.25, -0.2) is 9.59 Å². The zero-order valence-electron chi connectivity index (χ0n) is 12.9. The number of carbonyl (C=O) groups is 2. The van der Waals surface area contributed by atoms with Crippen molar-refractivity contribution < 1.29 is 24.2 Å². The molecular formula is C16H14ClNO6. The van der Waals surface area contributed by atoms with Crippen LogP contribution < -0.4 is 5.56 Å². The molecule has 1 heterocycles. The van der Waals surface area contributed by atoms with Gasteiger partial charge in [-0.1, -0.05) is 29.8 Å². The number of hydrogen-bond donors (Lipinski definition) is 1. The third kappa shape index (κ3) is 3.26. The summed E-state index contributed by atoms with van der Waals surface area (Å²) in [4.78, 5) is 36.3. The lowest BCUT2D eigenvalue weighted by Crippen LogP contribution is -2.30. The van der Waals surface area contributed by atoms with Crippen LogP contribution in [0, 0.1) is 0 Å². The summed E-state index contributed by atoms with van der Waals surface area (Å²) in [6.45, 7) is -0.0901. The molecule has 0 bridgehead atoms. The largest absolute Gasteiger partial charge is 0.507 e. The number of methoxy groups -OCH3 is 2. The smallest absolute Gasteiger partial charge is 0.355 e. The zero-order chi connectivity index (χ0) is 17.9. The minimum Gasteiger partial charge on any atom is -0.507 e. The van der Waals surface area contributed by atoms with Gasteiger partial charge in [0.2, 0.25) is 0 Å². The first-order valence-electron chi connectivity index (χ1n) is 6.77. The number of ether oxygens (including phenoxy) is 2. The Bertz CT molecular complexity index is 858. The highest BCUT2D eigenvalue weighted by molar-refractivity contribution is 6.31. The van der Waals surface area contributed by atoms with E-state index in [1.165, 1.54) is 0 Å². The Hall–Kier alpha value is -2.80. The second kappa shape index (κ2) is 7.18. The minimum atomic E-state index is -0.971. The molecule has 2 aromatic rings. The van der Waals surface area contributed by atoms with E-state index < -0.39 is 34.5 Å². The molecule has 0 unspecified atom stereocenters. The summed E-state index contributed by atoms with van der Waals surface area (Å²) in [7, 11) is 2.18. The molecule has 7 nitrogen and oxygen atoms in total. The molecular weight excluding hydrogens is 338 g/mol. The fourth-order valence-electron chi connectivity index (χ4n) is 2.20. The summed E-state index contributed by atoms with van der Waals surface area (Å²) >= 11 is 6.08. The third-order valence-electron chi connectivity index (χ3n) is 3.34. The Morgan fingerprint density at radius 1 is 1.17 bits per heavy atom. The van der Waals surface area contributed by atoms with Crippen molar-refractivity contribution in [2.75, 3.05) is 14.2 Å². The summed E-state index contributed by atoms with van der Waals surface area (Å²) in [6.07, 6.45) is 0. The highest BCUT2D eigenvalue weighted by atomic mass is 35.5. The average Bonchev–Trinajstić information content (AvgIpc) is 2.57. The average molecular weight is 352 g/mol. The van der Waals surface area contributed by atoms with Crippen LogP contribution in [-0.4, -0.2) is 35.8 Å². The van der Waals surface area contributed by atoms with E-state index in [4.69, 9.17) is 11.6 Å². The number of halogens is 1. The number of aromatic hydroxyl groups is 1. The second-order valence-corrected chi connectivity index (χ2v) is 5.16. The van der Waals surface area contributed by atoms with Gasteiger partial charge in [-0.15, -0.1) is 0 Å². The molecule has 0 radical (unpaired) electrons. The molecule has 126 valence electrons. The lowest BCUT2D eigenvalue weighted by Gasteiger charge is -2.16. The van der Waals surface area contributed by atoms with Gasteiger partial charge in [0.1, 0.15) is 17.0 Å². The molecule has 0 aliphatic carbocycles. The molecule has 1 N–H and O–H groups in total. The highest BCUT2D eigenvalue weighted by Crippen LogP contribution is 2.23. The standard InChI is InChI=1S/C16H14ClNO6/c1-23-15(21)13-11(19)7-12(20)18(14(13)16(22)24-2)8-9-5-3-4-6-10(9)17/h3-7,19H,8H2,1-2H3. The maximum Gasteiger partial charge on any atom is 0.355 e. The minimum absolute atomic E-state index is 0.0901. The van der Waals surface area contributed by atoms with Crippen molar-refractivity contribution in [2.45, 2.75) is 6.54 Å². The van der Waals surface area contributed by atoms with Gasteiger partial charge in [0, 0.05) is 11.1 Å². The molecule has 8 heteroatoms. The number of pyridine rings is 1. The van der Waals surface area contributed by atoms with Crippen molar-refractivity contribution in [2.24, 2.45) is 0 Å². The number of nitrogens with zero attached hydrogens (tertiary/aromatic N) is 1. The molecule has 0 atom stereocenters. The summed E-state index contributed by atoms with van der Waals surface area (Å²) in [6, 6.07) is 7.55. The van der Waals surface area contributed by atoms with Crippen LogP contribution in [0.2, 0.25) is 5.02 Å². The highest BCUT2D eigenvalue weighted by Gasteiger charge is 2.28. The molecule has 0 fully saturated rings. The van der Waals surface area contributed by atoms with Gasteiger partial charge >= 0.3 is 11.9 Å². The van der Waals surface area contributed by atoms with Crippen molar-refractivity contribution >= 4 is 23.5 Å².